The molecular weight excluding hydrogens is 376 g/mol. The number of para-hydroxylation sites is 1. The molecule has 4 aromatic rings. The molecule has 0 saturated carbocycles. The Kier molecular flexibility index (Phi) is 5.91. The third-order valence-electron chi connectivity index (χ3n) is 4.31. The average molecular weight is 396 g/mol. The van der Waals surface area contributed by atoms with Crippen LogP contribution in [0.2, 0.25) is 0 Å². The molecule has 2 aromatic heterocycles. The molecule has 0 unspecified atom stereocenters. The third-order valence-corrected chi connectivity index (χ3v) is 4.31. The van der Waals surface area contributed by atoms with Crippen LogP contribution in [0.25, 0.3) is 11.3 Å². The van der Waals surface area contributed by atoms with Gasteiger partial charge in [0.1, 0.15) is 5.69 Å². The van der Waals surface area contributed by atoms with E-state index in [0.717, 1.165) is 22.4 Å². The first-order chi connectivity index (χ1) is 14.8. The molecule has 2 heterocycles. The number of carbonyl (C=O) groups is 1. The molecule has 0 aliphatic rings. The summed E-state index contributed by atoms with van der Waals surface area (Å²) in [5.41, 5.74) is 6.71. The highest BCUT2D eigenvalue weighted by atomic mass is 16.2. The molecule has 0 saturated heterocycles. The number of nitrogens with one attached hydrogen (secondary N) is 2. The Morgan fingerprint density at radius 1 is 1.00 bits per heavy atom. The molecule has 0 radical (unpaired) electrons. The standard InChI is InChI=1S/C23H20N6O/c30-23(26-21-11-5-2-6-12-21)27-25-15-20-17-29(16-18-8-3-1-4-9-18)28-22(20)19-10-7-13-24-14-19/h1-15,17H,16H2,(H2,26,27,30)/b25-15-. The zero-order chi connectivity index (χ0) is 20.6. The number of aromatic nitrogens is 3. The number of pyridine rings is 1. The summed E-state index contributed by atoms with van der Waals surface area (Å²) in [4.78, 5) is 16.2. The third kappa shape index (κ3) is 4.96. The molecule has 4 rings (SSSR count). The molecule has 2 N–H and O–H groups in total. The summed E-state index contributed by atoms with van der Waals surface area (Å²) in [5, 5.41) is 11.5. The van der Waals surface area contributed by atoms with Gasteiger partial charge in [0.2, 0.25) is 0 Å². The predicted octanol–water partition coefficient (Wildman–Crippen LogP) is 4.15. The minimum absolute atomic E-state index is 0.419. The Morgan fingerprint density at radius 3 is 2.50 bits per heavy atom. The Balaban J connectivity index is 1.52. The molecule has 0 aliphatic heterocycles. The van der Waals surface area contributed by atoms with Gasteiger partial charge in [-0.15, -0.1) is 0 Å². The SMILES string of the molecule is O=C(N/N=C\c1cn(Cc2ccccc2)nc1-c1cccnc1)Nc1ccccc1. The highest BCUT2D eigenvalue weighted by Crippen LogP contribution is 2.20. The van der Waals surface area contributed by atoms with Crippen LogP contribution in [0.15, 0.2) is 96.5 Å². The predicted molar refractivity (Wildman–Crippen MR) is 117 cm³/mol. The van der Waals surface area contributed by atoms with Crippen LogP contribution in [0.5, 0.6) is 0 Å². The summed E-state index contributed by atoms with van der Waals surface area (Å²) < 4.78 is 1.85. The largest absolute Gasteiger partial charge is 0.339 e. The Morgan fingerprint density at radius 2 is 1.77 bits per heavy atom. The van der Waals surface area contributed by atoms with Crippen LogP contribution in [0, 0.1) is 0 Å². The van der Waals surface area contributed by atoms with Gasteiger partial charge in [-0.25, -0.2) is 10.2 Å². The van der Waals surface area contributed by atoms with E-state index in [1.54, 1.807) is 30.7 Å². The van der Waals surface area contributed by atoms with Crippen LogP contribution in [-0.2, 0) is 6.54 Å². The fraction of sp³-hybridized carbons (Fsp3) is 0.0435. The van der Waals surface area contributed by atoms with Crippen molar-refractivity contribution in [1.29, 1.82) is 0 Å². The lowest BCUT2D eigenvalue weighted by atomic mass is 10.1. The highest BCUT2D eigenvalue weighted by molar-refractivity contribution is 5.92. The van der Waals surface area contributed by atoms with Crippen molar-refractivity contribution in [2.45, 2.75) is 6.54 Å². The molecule has 7 nitrogen and oxygen atoms in total. The minimum atomic E-state index is -0.419. The Hall–Kier alpha value is -4.26. The van der Waals surface area contributed by atoms with Gasteiger partial charge in [0, 0.05) is 35.4 Å². The molecule has 30 heavy (non-hydrogen) atoms. The van der Waals surface area contributed by atoms with Crippen molar-refractivity contribution < 1.29 is 4.79 Å². The number of benzene rings is 2. The van der Waals surface area contributed by atoms with Crippen molar-refractivity contribution >= 4 is 17.9 Å². The number of hydrogen-bond acceptors (Lipinski definition) is 4. The number of nitrogens with zero attached hydrogens (tertiary/aromatic N) is 4. The summed E-state index contributed by atoms with van der Waals surface area (Å²) >= 11 is 0. The van der Waals surface area contributed by atoms with Gasteiger partial charge in [-0.05, 0) is 29.8 Å². The van der Waals surface area contributed by atoms with Crippen molar-refractivity contribution in [1.82, 2.24) is 20.2 Å². The van der Waals surface area contributed by atoms with Crippen LogP contribution in [0.3, 0.4) is 0 Å². The van der Waals surface area contributed by atoms with Crippen LogP contribution >= 0.6 is 0 Å². The van der Waals surface area contributed by atoms with Gasteiger partial charge in [-0.1, -0.05) is 48.5 Å². The van der Waals surface area contributed by atoms with Crippen molar-refractivity contribution in [3.05, 3.63) is 103 Å². The highest BCUT2D eigenvalue weighted by Gasteiger charge is 2.11. The average Bonchev–Trinajstić information content (AvgIpc) is 3.18. The zero-order valence-corrected chi connectivity index (χ0v) is 16.1. The maximum Gasteiger partial charge on any atom is 0.339 e. The number of carbonyl (C=O) groups excluding carboxylic acids is 1. The molecule has 0 aliphatic carbocycles. The van der Waals surface area contributed by atoms with Crippen LogP contribution in [0.4, 0.5) is 10.5 Å². The van der Waals surface area contributed by atoms with E-state index in [1.165, 1.54) is 0 Å². The molecule has 148 valence electrons. The lowest BCUT2D eigenvalue weighted by Crippen LogP contribution is -2.24. The molecular formula is C23H20N6O. The monoisotopic (exact) mass is 396 g/mol. The van der Waals surface area contributed by atoms with Gasteiger partial charge >= 0.3 is 6.03 Å². The first-order valence-corrected chi connectivity index (χ1v) is 9.45. The van der Waals surface area contributed by atoms with E-state index in [4.69, 9.17) is 5.10 Å². The normalized spacial score (nSPS) is 10.8. The van der Waals surface area contributed by atoms with Gasteiger partial charge in [0.25, 0.3) is 0 Å². The summed E-state index contributed by atoms with van der Waals surface area (Å²) in [5.74, 6) is 0. The van der Waals surface area contributed by atoms with E-state index in [9.17, 15) is 4.79 Å². The van der Waals surface area contributed by atoms with Crippen LogP contribution in [0.1, 0.15) is 11.1 Å². The Bertz CT molecular complexity index is 1120. The van der Waals surface area contributed by atoms with E-state index in [1.807, 2.05) is 59.4 Å². The number of amides is 2. The summed E-state index contributed by atoms with van der Waals surface area (Å²) in [7, 11) is 0. The van der Waals surface area contributed by atoms with Gasteiger partial charge in [-0.2, -0.15) is 10.2 Å². The van der Waals surface area contributed by atoms with Crippen LogP contribution < -0.4 is 10.7 Å². The Labute approximate surface area is 174 Å². The van der Waals surface area contributed by atoms with E-state index in [2.05, 4.69) is 33.0 Å². The lowest BCUT2D eigenvalue weighted by Gasteiger charge is -2.03. The van der Waals surface area contributed by atoms with Crippen molar-refractivity contribution in [3.63, 3.8) is 0 Å². The zero-order valence-electron chi connectivity index (χ0n) is 16.1. The summed E-state index contributed by atoms with van der Waals surface area (Å²) in [6, 6.07) is 22.6. The number of urea groups is 1. The van der Waals surface area contributed by atoms with Crippen LogP contribution in [-0.4, -0.2) is 27.0 Å². The van der Waals surface area contributed by atoms with E-state index >= 15 is 0 Å². The van der Waals surface area contributed by atoms with E-state index < -0.39 is 6.03 Å². The van der Waals surface area contributed by atoms with Crippen molar-refractivity contribution in [3.8, 4) is 11.3 Å². The number of hydrogen-bond donors (Lipinski definition) is 2. The number of hydrazone groups is 1. The van der Waals surface area contributed by atoms with Crippen molar-refractivity contribution in [2.75, 3.05) is 5.32 Å². The van der Waals surface area contributed by atoms with E-state index in [0.29, 0.717) is 12.2 Å². The molecule has 7 heteroatoms. The topological polar surface area (TPSA) is 84.2 Å². The second-order valence-electron chi connectivity index (χ2n) is 6.55. The van der Waals surface area contributed by atoms with E-state index in [-0.39, 0.29) is 0 Å². The summed E-state index contributed by atoms with van der Waals surface area (Å²) in [6.07, 6.45) is 6.95. The second-order valence-corrected chi connectivity index (χ2v) is 6.55. The minimum Gasteiger partial charge on any atom is -0.307 e. The fourth-order valence-corrected chi connectivity index (χ4v) is 2.95. The maximum atomic E-state index is 12.0. The molecule has 0 spiro atoms. The van der Waals surface area contributed by atoms with Crippen molar-refractivity contribution in [2.24, 2.45) is 5.10 Å². The maximum absolute atomic E-state index is 12.0. The molecule has 0 atom stereocenters. The molecule has 2 aromatic carbocycles. The lowest BCUT2D eigenvalue weighted by molar-refractivity contribution is 0.252. The second kappa shape index (κ2) is 9.29. The first-order valence-electron chi connectivity index (χ1n) is 9.45. The quantitative estimate of drug-likeness (QED) is 0.379. The van der Waals surface area contributed by atoms with Gasteiger partial charge < -0.3 is 5.32 Å². The molecule has 2 amide bonds. The smallest absolute Gasteiger partial charge is 0.307 e. The number of anilines is 1. The first kappa shape index (κ1) is 19.1. The summed E-state index contributed by atoms with van der Waals surface area (Å²) in [6.45, 7) is 0.629. The molecule has 0 fully saturated rings. The van der Waals surface area contributed by atoms with Gasteiger partial charge in [0.05, 0.1) is 12.8 Å². The molecule has 0 bridgehead atoms. The van der Waals surface area contributed by atoms with Gasteiger partial charge in [-0.3, -0.25) is 9.67 Å². The van der Waals surface area contributed by atoms with Gasteiger partial charge in [0.15, 0.2) is 0 Å². The number of rotatable bonds is 6. The fourth-order valence-electron chi connectivity index (χ4n) is 2.95.